The Labute approximate surface area is 160 Å². The molecule has 0 aromatic carbocycles. The first-order chi connectivity index (χ1) is 12.6. The molecule has 0 aromatic rings. The molecule has 3 aliphatic rings. The number of carbonyl (C=O) groups is 1. The van der Waals surface area contributed by atoms with Gasteiger partial charge in [0.05, 0.1) is 24.4 Å². The summed E-state index contributed by atoms with van der Waals surface area (Å²) in [7, 11) is 0. The van der Waals surface area contributed by atoms with Gasteiger partial charge in [0.15, 0.2) is 0 Å². The molecule has 1 saturated heterocycles. The lowest BCUT2D eigenvalue weighted by molar-refractivity contribution is -0.164. The second-order valence-corrected chi connectivity index (χ2v) is 9.03. The fourth-order valence-electron chi connectivity index (χ4n) is 5.91. The third kappa shape index (κ3) is 3.27. The predicted molar refractivity (Wildman–Crippen MR) is 99.6 cm³/mol. The van der Waals surface area contributed by atoms with E-state index in [1.54, 1.807) is 6.08 Å². The Morgan fingerprint density at radius 3 is 2.63 bits per heavy atom. The van der Waals surface area contributed by atoms with Crippen molar-refractivity contribution in [3.63, 3.8) is 0 Å². The highest BCUT2D eigenvalue weighted by molar-refractivity contribution is 5.91. The average Bonchev–Trinajstić information content (AvgIpc) is 2.94. The Balaban J connectivity index is 1.86. The van der Waals surface area contributed by atoms with E-state index in [1.165, 1.54) is 0 Å². The molecule has 2 unspecified atom stereocenters. The molecule has 152 valence electrons. The van der Waals surface area contributed by atoms with Gasteiger partial charge < -0.3 is 25.2 Å². The van der Waals surface area contributed by atoms with Gasteiger partial charge in [-0.2, -0.15) is 0 Å². The van der Waals surface area contributed by atoms with Crippen molar-refractivity contribution in [2.24, 2.45) is 22.7 Å². The van der Waals surface area contributed by atoms with Crippen LogP contribution in [0.4, 0.5) is 0 Å². The van der Waals surface area contributed by atoms with Crippen LogP contribution in [-0.4, -0.2) is 57.9 Å². The molecule has 6 heteroatoms. The van der Waals surface area contributed by atoms with Crippen LogP contribution in [0, 0.1) is 22.7 Å². The molecule has 0 spiro atoms. The zero-order valence-electron chi connectivity index (χ0n) is 16.2. The van der Waals surface area contributed by atoms with E-state index < -0.39 is 29.7 Å². The van der Waals surface area contributed by atoms with Gasteiger partial charge in [0.2, 0.25) is 0 Å². The smallest absolute Gasteiger partial charge is 0.336 e. The molecule has 3 rings (SSSR count). The molecule has 1 aliphatic heterocycles. The number of carbonyl (C=O) groups excluding carboxylic acids is 1. The standard InChI is InChI=1S/C21H32O6/c1-12-4-7-16-20(2,9-8-17(25)21(16,3)11-22)18(12)14(23)6-5-13-15(24)10-27-19(13)26/h5,14-18,22-25H,1,4,6-11H2,2-3H3/b13-5+/t14?,15-,16?,17-,18+,20+,21+/m1/s1. The van der Waals surface area contributed by atoms with Gasteiger partial charge in [-0.1, -0.05) is 32.1 Å². The van der Waals surface area contributed by atoms with Gasteiger partial charge in [-0.3, -0.25) is 0 Å². The van der Waals surface area contributed by atoms with Gasteiger partial charge in [0.1, 0.15) is 12.7 Å². The summed E-state index contributed by atoms with van der Waals surface area (Å²) >= 11 is 0. The molecule has 2 saturated carbocycles. The van der Waals surface area contributed by atoms with E-state index in [-0.39, 0.29) is 42.5 Å². The number of ether oxygens (including phenoxy) is 1. The lowest BCUT2D eigenvalue weighted by atomic mass is 9.45. The van der Waals surface area contributed by atoms with Crippen LogP contribution in [0.1, 0.15) is 46.0 Å². The van der Waals surface area contributed by atoms with Crippen molar-refractivity contribution < 1.29 is 30.0 Å². The zero-order chi connectivity index (χ0) is 20.0. The molecule has 4 N–H and O–H groups in total. The van der Waals surface area contributed by atoms with Crippen LogP contribution in [0.3, 0.4) is 0 Å². The van der Waals surface area contributed by atoms with Gasteiger partial charge in [0, 0.05) is 11.3 Å². The van der Waals surface area contributed by atoms with E-state index in [4.69, 9.17) is 4.74 Å². The van der Waals surface area contributed by atoms with Gasteiger partial charge >= 0.3 is 5.97 Å². The Hall–Kier alpha value is -1.21. The maximum Gasteiger partial charge on any atom is 0.336 e. The van der Waals surface area contributed by atoms with Gasteiger partial charge in [-0.25, -0.2) is 4.79 Å². The van der Waals surface area contributed by atoms with E-state index in [1.807, 2.05) is 6.92 Å². The van der Waals surface area contributed by atoms with Crippen molar-refractivity contribution in [1.29, 1.82) is 0 Å². The molecular weight excluding hydrogens is 348 g/mol. The van der Waals surface area contributed by atoms with Crippen molar-refractivity contribution in [1.82, 2.24) is 0 Å². The zero-order valence-corrected chi connectivity index (χ0v) is 16.2. The normalized spacial score (nSPS) is 44.9. The Morgan fingerprint density at radius 1 is 1.33 bits per heavy atom. The van der Waals surface area contributed by atoms with Crippen LogP contribution in [0.15, 0.2) is 23.8 Å². The molecule has 0 amide bonds. The maximum absolute atomic E-state index is 11.7. The van der Waals surface area contributed by atoms with Crippen LogP contribution < -0.4 is 0 Å². The van der Waals surface area contributed by atoms with E-state index in [2.05, 4.69) is 13.5 Å². The predicted octanol–water partition coefficient (Wildman–Crippen LogP) is 1.32. The molecule has 1 heterocycles. The molecule has 7 atom stereocenters. The van der Waals surface area contributed by atoms with Crippen LogP contribution in [0.5, 0.6) is 0 Å². The van der Waals surface area contributed by atoms with E-state index >= 15 is 0 Å². The lowest BCUT2D eigenvalue weighted by Crippen LogP contribution is -2.59. The molecule has 0 bridgehead atoms. The summed E-state index contributed by atoms with van der Waals surface area (Å²) in [5.41, 5.74) is 0.288. The number of fused-ring (bicyclic) bond motifs is 1. The van der Waals surface area contributed by atoms with Crippen molar-refractivity contribution in [2.75, 3.05) is 13.2 Å². The van der Waals surface area contributed by atoms with Crippen LogP contribution in [-0.2, 0) is 9.53 Å². The molecule has 6 nitrogen and oxygen atoms in total. The monoisotopic (exact) mass is 380 g/mol. The Kier molecular flexibility index (Phi) is 5.56. The van der Waals surface area contributed by atoms with Crippen molar-refractivity contribution in [3.8, 4) is 0 Å². The summed E-state index contributed by atoms with van der Waals surface area (Å²) in [6.07, 6.45) is 2.45. The lowest BCUT2D eigenvalue weighted by Gasteiger charge is -2.60. The summed E-state index contributed by atoms with van der Waals surface area (Å²) in [6, 6.07) is 0. The molecule has 2 aliphatic carbocycles. The minimum atomic E-state index is -0.940. The van der Waals surface area contributed by atoms with Gasteiger partial charge in [-0.05, 0) is 43.4 Å². The highest BCUT2D eigenvalue weighted by Gasteiger charge is 2.58. The third-order valence-electron chi connectivity index (χ3n) is 7.49. The SMILES string of the molecule is C=C1CCC2[C@](C)(CO)[C@H](O)CC[C@]2(C)[C@@H]1C(O)C/C=C1/C(=O)OC[C@H]1O. The average molecular weight is 380 g/mol. The maximum atomic E-state index is 11.7. The molecule has 3 fully saturated rings. The Morgan fingerprint density at radius 2 is 2.04 bits per heavy atom. The van der Waals surface area contributed by atoms with Crippen LogP contribution >= 0.6 is 0 Å². The third-order valence-corrected chi connectivity index (χ3v) is 7.49. The molecule has 0 aromatic heterocycles. The van der Waals surface area contributed by atoms with Gasteiger partial charge in [-0.15, -0.1) is 0 Å². The Bertz CT molecular complexity index is 643. The largest absolute Gasteiger partial charge is 0.459 e. The second-order valence-electron chi connectivity index (χ2n) is 9.03. The van der Waals surface area contributed by atoms with Crippen LogP contribution in [0.25, 0.3) is 0 Å². The molecule has 0 radical (unpaired) electrons. The minimum absolute atomic E-state index is 0.0383. The van der Waals surface area contributed by atoms with Crippen LogP contribution in [0.2, 0.25) is 0 Å². The number of aliphatic hydroxyl groups is 4. The first-order valence-corrected chi connectivity index (χ1v) is 9.85. The number of aliphatic hydroxyl groups excluding tert-OH is 4. The first-order valence-electron chi connectivity index (χ1n) is 9.85. The van der Waals surface area contributed by atoms with Crippen molar-refractivity contribution in [3.05, 3.63) is 23.8 Å². The minimum Gasteiger partial charge on any atom is -0.459 e. The van der Waals surface area contributed by atoms with Crippen molar-refractivity contribution >= 4 is 5.97 Å². The van der Waals surface area contributed by atoms with E-state index in [0.29, 0.717) is 6.42 Å². The summed E-state index contributed by atoms with van der Waals surface area (Å²) in [5.74, 6) is -0.658. The van der Waals surface area contributed by atoms with E-state index in [9.17, 15) is 25.2 Å². The topological polar surface area (TPSA) is 107 Å². The number of rotatable bonds is 4. The number of hydrogen-bond donors (Lipinski definition) is 4. The molecular formula is C21H32O6. The fraction of sp³-hybridized carbons (Fsp3) is 0.762. The quantitative estimate of drug-likeness (QED) is 0.333. The summed E-state index contributed by atoms with van der Waals surface area (Å²) in [6.45, 7) is 8.14. The first kappa shape index (κ1) is 20.5. The molecule has 27 heavy (non-hydrogen) atoms. The van der Waals surface area contributed by atoms with Gasteiger partial charge in [0.25, 0.3) is 0 Å². The second kappa shape index (κ2) is 7.32. The number of cyclic esters (lactones) is 1. The summed E-state index contributed by atoms with van der Waals surface area (Å²) < 4.78 is 4.82. The highest BCUT2D eigenvalue weighted by Crippen LogP contribution is 2.61. The number of hydrogen-bond acceptors (Lipinski definition) is 6. The summed E-state index contributed by atoms with van der Waals surface area (Å²) in [4.78, 5) is 11.7. The van der Waals surface area contributed by atoms with E-state index in [0.717, 1.165) is 24.8 Å². The number of esters is 1. The highest BCUT2D eigenvalue weighted by atomic mass is 16.6. The summed E-state index contributed by atoms with van der Waals surface area (Å²) in [5, 5.41) is 41.4. The van der Waals surface area contributed by atoms with Crippen molar-refractivity contribution in [2.45, 2.75) is 64.3 Å². The fourth-order valence-corrected chi connectivity index (χ4v) is 5.91.